The van der Waals surface area contributed by atoms with Crippen LogP contribution >= 0.6 is 15.9 Å². The van der Waals surface area contributed by atoms with Crippen molar-refractivity contribution < 1.29 is 9.90 Å². The monoisotopic (exact) mass is 270 g/mol. The fourth-order valence-electron chi connectivity index (χ4n) is 1.15. The molecule has 0 aromatic rings. The summed E-state index contributed by atoms with van der Waals surface area (Å²) in [5.74, 6) is 7.58. The first-order valence-electron chi connectivity index (χ1n) is 5.07. The average molecular weight is 271 g/mol. The van der Waals surface area contributed by atoms with Gasteiger partial charge in [0.25, 0.3) is 0 Å². The summed E-state index contributed by atoms with van der Waals surface area (Å²) in [7, 11) is 0. The number of carboxylic acids is 1. The number of hydrogen-bond acceptors (Lipinski definition) is 1. The number of carboxylic acid groups (broad SMARTS) is 1. The molecule has 82 valence electrons. The summed E-state index contributed by atoms with van der Waals surface area (Å²) >= 11 is 2.96. The fourth-order valence-corrected chi connectivity index (χ4v) is 1.25. The first kappa shape index (κ1) is 14.1. The Bertz CT molecular complexity index is 288. The minimum atomic E-state index is -0.700. The van der Waals surface area contributed by atoms with Gasteiger partial charge in [-0.15, -0.1) is 0 Å². The zero-order valence-electron chi connectivity index (χ0n) is 8.68. The quantitative estimate of drug-likeness (QED) is 0.570. The van der Waals surface area contributed by atoms with Crippen LogP contribution in [0.4, 0.5) is 0 Å². The second-order valence-electron chi connectivity index (χ2n) is 3.18. The molecule has 0 bridgehead atoms. The Morgan fingerprint density at radius 3 is 2.40 bits per heavy atom. The molecule has 0 aliphatic heterocycles. The maximum absolute atomic E-state index is 10.2. The van der Waals surface area contributed by atoms with Crippen molar-refractivity contribution in [1.29, 1.82) is 0 Å². The Labute approximate surface area is 99.6 Å². The lowest BCUT2D eigenvalue weighted by molar-refractivity contribution is -0.137. The standard InChI is InChI=1S/C12H15BrO2/c13-11-9-7-5-3-1-2-4-6-8-10-12(14)15/h1-4,6,8,10H2,(H,14,15). The third-order valence-electron chi connectivity index (χ3n) is 1.89. The number of unbranched alkanes of at least 4 members (excludes halogenated alkanes) is 5. The van der Waals surface area contributed by atoms with Crippen LogP contribution in [0, 0.1) is 22.6 Å². The van der Waals surface area contributed by atoms with Crippen molar-refractivity contribution in [3.05, 3.63) is 0 Å². The predicted molar refractivity (Wildman–Crippen MR) is 64.4 cm³/mol. The molecule has 0 aromatic carbocycles. The Balaban J connectivity index is 3.15. The van der Waals surface area contributed by atoms with Gasteiger partial charge in [0, 0.05) is 28.8 Å². The number of carbonyl (C=O) groups is 1. The lowest BCUT2D eigenvalue weighted by Gasteiger charge is -1.96. The van der Waals surface area contributed by atoms with Crippen molar-refractivity contribution in [3.63, 3.8) is 0 Å². The number of hydrogen-bond donors (Lipinski definition) is 1. The molecule has 2 nitrogen and oxygen atoms in total. The summed E-state index contributed by atoms with van der Waals surface area (Å²) in [5, 5.41) is 8.40. The van der Waals surface area contributed by atoms with Crippen molar-refractivity contribution >= 4 is 21.9 Å². The molecule has 0 amide bonds. The van der Waals surface area contributed by atoms with Gasteiger partial charge in [0.15, 0.2) is 0 Å². The molecule has 0 aromatic heterocycles. The second-order valence-corrected chi connectivity index (χ2v) is 3.58. The molecule has 0 spiro atoms. The summed E-state index contributed by atoms with van der Waals surface area (Å²) in [5.41, 5.74) is 0. The number of aliphatic carboxylic acids is 1. The molecule has 3 heteroatoms. The van der Waals surface area contributed by atoms with Crippen LogP contribution in [0.3, 0.4) is 0 Å². The summed E-state index contributed by atoms with van der Waals surface area (Å²) in [6, 6.07) is 0. The summed E-state index contributed by atoms with van der Waals surface area (Å²) in [4.78, 5) is 12.7. The van der Waals surface area contributed by atoms with Crippen LogP contribution in [-0.2, 0) is 4.79 Å². The van der Waals surface area contributed by atoms with E-state index >= 15 is 0 Å². The van der Waals surface area contributed by atoms with E-state index in [0.717, 1.165) is 38.5 Å². The topological polar surface area (TPSA) is 37.3 Å². The zero-order chi connectivity index (χ0) is 11.4. The van der Waals surface area contributed by atoms with Crippen LogP contribution in [0.2, 0.25) is 0 Å². The highest BCUT2D eigenvalue weighted by atomic mass is 79.9. The van der Waals surface area contributed by atoms with Gasteiger partial charge in [-0.05, 0) is 29.5 Å². The number of halogens is 1. The van der Waals surface area contributed by atoms with Gasteiger partial charge in [-0.1, -0.05) is 25.2 Å². The minimum Gasteiger partial charge on any atom is -0.481 e. The molecular formula is C12H15BrO2. The highest BCUT2D eigenvalue weighted by molar-refractivity contribution is 9.12. The minimum absolute atomic E-state index is 0.292. The fraction of sp³-hybridized carbons (Fsp3) is 0.583. The molecule has 0 radical (unpaired) electrons. The van der Waals surface area contributed by atoms with E-state index in [1.807, 2.05) is 0 Å². The van der Waals surface area contributed by atoms with Gasteiger partial charge in [-0.3, -0.25) is 4.79 Å². The lowest BCUT2D eigenvalue weighted by Crippen LogP contribution is -1.93. The molecule has 0 fully saturated rings. The average Bonchev–Trinajstić information content (AvgIpc) is 2.20. The van der Waals surface area contributed by atoms with Crippen LogP contribution < -0.4 is 0 Å². The highest BCUT2D eigenvalue weighted by Gasteiger charge is 1.95. The Morgan fingerprint density at radius 2 is 1.73 bits per heavy atom. The normalized spacial score (nSPS) is 8.33. The molecule has 0 rings (SSSR count). The predicted octanol–water partition coefficient (Wildman–Crippen LogP) is 3.16. The van der Waals surface area contributed by atoms with E-state index in [9.17, 15) is 4.79 Å². The van der Waals surface area contributed by atoms with Crippen molar-refractivity contribution in [3.8, 4) is 22.6 Å². The molecule has 0 atom stereocenters. The summed E-state index contributed by atoms with van der Waals surface area (Å²) < 4.78 is 0. The van der Waals surface area contributed by atoms with E-state index in [4.69, 9.17) is 5.11 Å². The Hall–Kier alpha value is -0.930. The maximum atomic E-state index is 10.2. The van der Waals surface area contributed by atoms with E-state index in [0.29, 0.717) is 6.42 Å². The van der Waals surface area contributed by atoms with Crippen LogP contribution in [0.25, 0.3) is 0 Å². The van der Waals surface area contributed by atoms with E-state index in [1.165, 1.54) is 0 Å². The highest BCUT2D eigenvalue weighted by Crippen LogP contribution is 2.06. The van der Waals surface area contributed by atoms with Crippen molar-refractivity contribution in [2.75, 3.05) is 0 Å². The lowest BCUT2D eigenvalue weighted by atomic mass is 10.1. The molecule has 0 unspecified atom stereocenters. The molecule has 0 aliphatic carbocycles. The molecular weight excluding hydrogens is 256 g/mol. The third-order valence-corrected chi connectivity index (χ3v) is 2.09. The molecule has 1 N–H and O–H groups in total. The van der Waals surface area contributed by atoms with Crippen LogP contribution in [-0.4, -0.2) is 11.1 Å². The largest absolute Gasteiger partial charge is 0.481 e. The molecule has 0 heterocycles. The van der Waals surface area contributed by atoms with Gasteiger partial charge < -0.3 is 5.11 Å². The summed E-state index contributed by atoms with van der Waals surface area (Å²) in [6.07, 6.45) is 6.25. The Kier molecular flexibility index (Phi) is 10.5. The van der Waals surface area contributed by atoms with E-state index in [-0.39, 0.29) is 0 Å². The van der Waals surface area contributed by atoms with Crippen molar-refractivity contribution in [1.82, 2.24) is 0 Å². The number of rotatable bonds is 7. The zero-order valence-corrected chi connectivity index (χ0v) is 10.3. The summed E-state index contributed by atoms with van der Waals surface area (Å²) in [6.45, 7) is 0. The molecule has 0 saturated carbocycles. The third kappa shape index (κ3) is 13.1. The first-order chi connectivity index (χ1) is 7.27. The van der Waals surface area contributed by atoms with Gasteiger partial charge in [0.05, 0.1) is 0 Å². The van der Waals surface area contributed by atoms with Crippen molar-refractivity contribution in [2.45, 2.75) is 44.9 Å². The molecule has 0 saturated heterocycles. The van der Waals surface area contributed by atoms with Crippen LogP contribution in [0.1, 0.15) is 44.9 Å². The van der Waals surface area contributed by atoms with Gasteiger partial charge in [0.1, 0.15) is 0 Å². The molecule has 15 heavy (non-hydrogen) atoms. The van der Waals surface area contributed by atoms with Crippen LogP contribution in [0.5, 0.6) is 0 Å². The smallest absolute Gasteiger partial charge is 0.303 e. The van der Waals surface area contributed by atoms with Gasteiger partial charge in [0.2, 0.25) is 0 Å². The van der Waals surface area contributed by atoms with E-state index in [2.05, 4.69) is 38.5 Å². The second kappa shape index (κ2) is 11.1. The van der Waals surface area contributed by atoms with Crippen molar-refractivity contribution in [2.24, 2.45) is 0 Å². The Morgan fingerprint density at radius 1 is 1.07 bits per heavy atom. The SMILES string of the molecule is O=C(O)CCCCCCCC#CC#CBr. The van der Waals surface area contributed by atoms with Crippen LogP contribution in [0.15, 0.2) is 0 Å². The van der Waals surface area contributed by atoms with E-state index < -0.39 is 5.97 Å². The van der Waals surface area contributed by atoms with Gasteiger partial charge >= 0.3 is 5.97 Å². The van der Waals surface area contributed by atoms with Gasteiger partial charge in [-0.2, -0.15) is 0 Å². The molecule has 0 aliphatic rings. The van der Waals surface area contributed by atoms with Gasteiger partial charge in [-0.25, -0.2) is 0 Å². The van der Waals surface area contributed by atoms with E-state index in [1.54, 1.807) is 0 Å². The first-order valence-corrected chi connectivity index (χ1v) is 5.87. The maximum Gasteiger partial charge on any atom is 0.303 e.